The SMILES string of the molecule is CC(C)Oc1ccc(C(C)(C)c2ncc(C(C)(C)C)s2)cc1Cl. The lowest BCUT2D eigenvalue weighted by Gasteiger charge is -2.24. The Bertz CT molecular complexity index is 683. The fourth-order valence-corrected chi connectivity index (χ4v) is 3.60. The molecule has 2 aromatic rings. The molecule has 0 aliphatic heterocycles. The third-order valence-electron chi connectivity index (χ3n) is 3.80. The molecule has 23 heavy (non-hydrogen) atoms. The quantitative estimate of drug-likeness (QED) is 0.653. The topological polar surface area (TPSA) is 22.1 Å². The van der Waals surface area contributed by atoms with Crippen molar-refractivity contribution < 1.29 is 4.74 Å². The molecule has 0 aliphatic carbocycles. The fourth-order valence-electron chi connectivity index (χ4n) is 2.27. The smallest absolute Gasteiger partial charge is 0.138 e. The van der Waals surface area contributed by atoms with Crippen LogP contribution < -0.4 is 4.74 Å². The third-order valence-corrected chi connectivity index (χ3v) is 5.84. The maximum absolute atomic E-state index is 6.40. The van der Waals surface area contributed by atoms with Gasteiger partial charge in [0.2, 0.25) is 0 Å². The van der Waals surface area contributed by atoms with E-state index in [9.17, 15) is 0 Å². The van der Waals surface area contributed by atoms with Gasteiger partial charge in [0, 0.05) is 16.5 Å². The van der Waals surface area contributed by atoms with Gasteiger partial charge in [-0.2, -0.15) is 0 Å². The van der Waals surface area contributed by atoms with E-state index in [0.717, 1.165) is 16.3 Å². The lowest BCUT2D eigenvalue weighted by atomic mass is 9.85. The van der Waals surface area contributed by atoms with Crippen LogP contribution in [0.15, 0.2) is 24.4 Å². The summed E-state index contributed by atoms with van der Waals surface area (Å²) in [5.41, 5.74) is 1.08. The van der Waals surface area contributed by atoms with Gasteiger partial charge in [-0.05, 0) is 50.8 Å². The molecule has 126 valence electrons. The van der Waals surface area contributed by atoms with Crippen molar-refractivity contribution in [1.29, 1.82) is 0 Å². The van der Waals surface area contributed by atoms with Gasteiger partial charge in [0.25, 0.3) is 0 Å². The number of hydrogen-bond acceptors (Lipinski definition) is 3. The zero-order valence-corrected chi connectivity index (χ0v) is 16.6. The normalized spacial score (nSPS) is 12.7. The number of benzene rings is 1. The van der Waals surface area contributed by atoms with Crippen LogP contribution in [0.5, 0.6) is 5.75 Å². The van der Waals surface area contributed by atoms with Crippen molar-refractivity contribution in [3.05, 3.63) is 44.9 Å². The van der Waals surface area contributed by atoms with Crippen LogP contribution in [0.4, 0.5) is 0 Å². The number of thiazole rings is 1. The van der Waals surface area contributed by atoms with E-state index in [2.05, 4.69) is 45.7 Å². The molecular formula is C19H26ClNOS. The monoisotopic (exact) mass is 351 g/mol. The first-order valence-electron chi connectivity index (χ1n) is 7.95. The molecular weight excluding hydrogens is 326 g/mol. The first-order valence-corrected chi connectivity index (χ1v) is 9.14. The van der Waals surface area contributed by atoms with E-state index < -0.39 is 0 Å². The Balaban J connectivity index is 2.36. The number of nitrogens with zero attached hydrogens (tertiary/aromatic N) is 1. The Kier molecular flexibility index (Phi) is 5.12. The van der Waals surface area contributed by atoms with Crippen molar-refractivity contribution in [2.75, 3.05) is 0 Å². The van der Waals surface area contributed by atoms with Gasteiger partial charge in [0.15, 0.2) is 0 Å². The molecule has 0 N–H and O–H groups in total. The largest absolute Gasteiger partial charge is 0.489 e. The second-order valence-corrected chi connectivity index (χ2v) is 9.15. The Morgan fingerprint density at radius 3 is 2.26 bits per heavy atom. The van der Waals surface area contributed by atoms with Crippen molar-refractivity contribution in [1.82, 2.24) is 4.98 Å². The molecule has 0 fully saturated rings. The van der Waals surface area contributed by atoms with Gasteiger partial charge in [0.1, 0.15) is 10.8 Å². The lowest BCUT2D eigenvalue weighted by molar-refractivity contribution is 0.242. The number of ether oxygens (including phenoxy) is 1. The third kappa shape index (κ3) is 4.07. The summed E-state index contributed by atoms with van der Waals surface area (Å²) in [5.74, 6) is 0.732. The summed E-state index contributed by atoms with van der Waals surface area (Å²) in [4.78, 5) is 5.97. The molecule has 0 unspecified atom stereocenters. The van der Waals surface area contributed by atoms with Crippen LogP contribution in [0.2, 0.25) is 5.02 Å². The van der Waals surface area contributed by atoms with Crippen molar-refractivity contribution in [2.45, 2.75) is 65.4 Å². The zero-order valence-electron chi connectivity index (χ0n) is 15.0. The van der Waals surface area contributed by atoms with Crippen LogP contribution in [0.1, 0.15) is 63.9 Å². The highest BCUT2D eigenvalue weighted by atomic mass is 35.5. The van der Waals surface area contributed by atoms with E-state index in [1.54, 1.807) is 11.3 Å². The molecule has 0 aliphatic rings. The average molecular weight is 352 g/mol. The second-order valence-electron chi connectivity index (χ2n) is 7.72. The van der Waals surface area contributed by atoms with Crippen molar-refractivity contribution >= 4 is 22.9 Å². The Morgan fingerprint density at radius 2 is 1.78 bits per heavy atom. The molecule has 4 heteroatoms. The molecule has 0 spiro atoms. The minimum Gasteiger partial charge on any atom is -0.489 e. The summed E-state index contributed by atoms with van der Waals surface area (Å²) in [7, 11) is 0. The average Bonchev–Trinajstić information content (AvgIpc) is 2.90. The molecule has 0 bridgehead atoms. The maximum Gasteiger partial charge on any atom is 0.138 e. The molecule has 1 heterocycles. The van der Waals surface area contributed by atoms with Crippen molar-refractivity contribution in [3.63, 3.8) is 0 Å². The van der Waals surface area contributed by atoms with Gasteiger partial charge in [-0.3, -0.25) is 0 Å². The molecule has 1 aromatic carbocycles. The predicted molar refractivity (Wildman–Crippen MR) is 100 cm³/mol. The highest BCUT2D eigenvalue weighted by molar-refractivity contribution is 7.12. The van der Waals surface area contributed by atoms with E-state index in [4.69, 9.17) is 16.3 Å². The van der Waals surface area contributed by atoms with Gasteiger partial charge >= 0.3 is 0 Å². The molecule has 0 amide bonds. The van der Waals surface area contributed by atoms with Gasteiger partial charge in [0.05, 0.1) is 11.1 Å². The number of halogens is 1. The summed E-state index contributed by atoms with van der Waals surface area (Å²) in [6.07, 6.45) is 2.11. The van der Waals surface area contributed by atoms with Crippen LogP contribution >= 0.6 is 22.9 Å². The molecule has 0 saturated heterocycles. The van der Waals surface area contributed by atoms with Crippen molar-refractivity contribution in [3.8, 4) is 5.75 Å². The first kappa shape index (κ1) is 18.3. The van der Waals surface area contributed by atoms with Gasteiger partial charge < -0.3 is 4.74 Å². The summed E-state index contributed by atoms with van der Waals surface area (Å²) in [6, 6.07) is 6.04. The van der Waals surface area contributed by atoms with Gasteiger partial charge in [-0.15, -0.1) is 11.3 Å². The van der Waals surface area contributed by atoms with Gasteiger partial charge in [-0.25, -0.2) is 4.98 Å². The fraction of sp³-hybridized carbons (Fsp3) is 0.526. The summed E-state index contributed by atoms with van der Waals surface area (Å²) in [6.45, 7) is 15.0. The molecule has 2 rings (SSSR count). The summed E-state index contributed by atoms with van der Waals surface area (Å²) in [5, 5.41) is 1.76. The lowest BCUT2D eigenvalue weighted by Crippen LogP contribution is -2.18. The van der Waals surface area contributed by atoms with E-state index in [-0.39, 0.29) is 16.9 Å². The highest BCUT2D eigenvalue weighted by Crippen LogP contribution is 2.39. The van der Waals surface area contributed by atoms with Gasteiger partial charge in [-0.1, -0.05) is 38.4 Å². The first-order chi connectivity index (χ1) is 10.5. The van der Waals surface area contributed by atoms with Crippen LogP contribution in [-0.2, 0) is 10.8 Å². The molecule has 0 atom stereocenters. The van der Waals surface area contributed by atoms with E-state index in [1.165, 1.54) is 4.88 Å². The molecule has 0 radical (unpaired) electrons. The maximum atomic E-state index is 6.40. The van der Waals surface area contributed by atoms with Crippen LogP contribution in [0.25, 0.3) is 0 Å². The highest BCUT2D eigenvalue weighted by Gasteiger charge is 2.29. The standard InChI is InChI=1S/C19H26ClNOS/c1-12(2)22-15-9-8-13(10-14(15)20)19(6,7)17-21-11-16(23-17)18(3,4)5/h8-12H,1-7H3. The van der Waals surface area contributed by atoms with E-state index in [1.807, 2.05) is 32.2 Å². The second kappa shape index (κ2) is 6.45. The van der Waals surface area contributed by atoms with Crippen LogP contribution in [-0.4, -0.2) is 11.1 Å². The molecule has 2 nitrogen and oxygen atoms in total. The number of aromatic nitrogens is 1. The Morgan fingerprint density at radius 1 is 1.13 bits per heavy atom. The van der Waals surface area contributed by atoms with E-state index >= 15 is 0 Å². The number of hydrogen-bond donors (Lipinski definition) is 0. The zero-order chi connectivity index (χ0) is 17.4. The van der Waals surface area contributed by atoms with Crippen LogP contribution in [0.3, 0.4) is 0 Å². The van der Waals surface area contributed by atoms with Crippen LogP contribution in [0, 0.1) is 0 Å². The van der Waals surface area contributed by atoms with E-state index in [0.29, 0.717) is 5.02 Å². The molecule has 1 aromatic heterocycles. The minimum absolute atomic E-state index is 0.111. The predicted octanol–water partition coefficient (Wildman–Crippen LogP) is 6.21. The summed E-state index contributed by atoms with van der Waals surface area (Å²) >= 11 is 8.18. The summed E-state index contributed by atoms with van der Waals surface area (Å²) < 4.78 is 5.72. The Labute approximate surface area is 148 Å². The molecule has 0 saturated carbocycles. The van der Waals surface area contributed by atoms with Crippen molar-refractivity contribution in [2.24, 2.45) is 0 Å². The Hall–Kier alpha value is -1.06. The minimum atomic E-state index is -0.186. The number of rotatable bonds is 4.